The van der Waals surface area contributed by atoms with Gasteiger partial charge in [-0.3, -0.25) is 4.90 Å². The van der Waals surface area contributed by atoms with E-state index in [0.29, 0.717) is 11.7 Å². The number of halogens is 2. The lowest BCUT2D eigenvalue weighted by atomic mass is 10.3. The molecule has 2 heterocycles. The summed E-state index contributed by atoms with van der Waals surface area (Å²) in [6, 6.07) is 1.76. The van der Waals surface area contributed by atoms with Crippen molar-refractivity contribution >= 4 is 17.4 Å². The highest BCUT2D eigenvalue weighted by atomic mass is 35.5. The van der Waals surface area contributed by atoms with Gasteiger partial charge in [0.15, 0.2) is 0 Å². The molecule has 1 aliphatic rings. The van der Waals surface area contributed by atoms with Crippen LogP contribution >= 0.6 is 11.6 Å². The van der Waals surface area contributed by atoms with Crippen molar-refractivity contribution < 1.29 is 4.39 Å². The Morgan fingerprint density at radius 1 is 1.25 bits per heavy atom. The number of anilines is 1. The Morgan fingerprint density at radius 3 is 2.62 bits per heavy atom. The molecule has 1 aromatic heterocycles. The average Bonchev–Trinajstić information content (AvgIpc) is 2.30. The van der Waals surface area contributed by atoms with Crippen LogP contribution in [0.5, 0.6) is 0 Å². The zero-order valence-corrected chi connectivity index (χ0v) is 9.70. The first-order valence-corrected chi connectivity index (χ1v) is 5.68. The van der Waals surface area contributed by atoms with Crippen LogP contribution < -0.4 is 4.90 Å². The second-order valence-corrected chi connectivity index (χ2v) is 4.10. The van der Waals surface area contributed by atoms with E-state index in [1.54, 1.807) is 6.07 Å². The van der Waals surface area contributed by atoms with Gasteiger partial charge in [0.1, 0.15) is 24.0 Å². The summed E-state index contributed by atoms with van der Waals surface area (Å²) in [6.45, 7) is 3.69. The molecule has 1 fully saturated rings. The van der Waals surface area contributed by atoms with Crippen LogP contribution in [0.2, 0.25) is 5.15 Å². The maximum atomic E-state index is 12.2. The Balaban J connectivity index is 1.94. The summed E-state index contributed by atoms with van der Waals surface area (Å²) in [5.74, 6) is 0.847. The molecule has 0 spiro atoms. The fraction of sp³-hybridized carbons (Fsp3) is 0.600. The van der Waals surface area contributed by atoms with Gasteiger partial charge in [0.25, 0.3) is 0 Å². The largest absolute Gasteiger partial charge is 0.354 e. The number of piperazine rings is 1. The lowest BCUT2D eigenvalue weighted by Gasteiger charge is -2.34. The molecule has 16 heavy (non-hydrogen) atoms. The van der Waals surface area contributed by atoms with Gasteiger partial charge in [-0.1, -0.05) is 11.6 Å². The first-order valence-electron chi connectivity index (χ1n) is 5.30. The molecule has 0 saturated carbocycles. The number of aromatic nitrogens is 2. The number of alkyl halides is 1. The van der Waals surface area contributed by atoms with Crippen LogP contribution in [0.25, 0.3) is 0 Å². The van der Waals surface area contributed by atoms with Gasteiger partial charge in [0, 0.05) is 38.8 Å². The third kappa shape index (κ3) is 2.80. The van der Waals surface area contributed by atoms with Crippen LogP contribution in [0.15, 0.2) is 12.4 Å². The second-order valence-electron chi connectivity index (χ2n) is 3.72. The summed E-state index contributed by atoms with van der Waals surface area (Å²) < 4.78 is 12.2. The van der Waals surface area contributed by atoms with Crippen LogP contribution in [0.1, 0.15) is 0 Å². The molecule has 0 N–H and O–H groups in total. The SMILES string of the molecule is FCCN1CCN(c2cc(Cl)ncn2)CC1. The van der Waals surface area contributed by atoms with E-state index in [1.165, 1.54) is 6.33 Å². The maximum Gasteiger partial charge on any atom is 0.134 e. The summed E-state index contributed by atoms with van der Waals surface area (Å²) in [4.78, 5) is 12.3. The van der Waals surface area contributed by atoms with Gasteiger partial charge in [0.2, 0.25) is 0 Å². The van der Waals surface area contributed by atoms with Crippen molar-refractivity contribution in [2.24, 2.45) is 0 Å². The van der Waals surface area contributed by atoms with E-state index in [2.05, 4.69) is 19.8 Å². The molecule has 1 aliphatic heterocycles. The Kier molecular flexibility index (Phi) is 3.90. The van der Waals surface area contributed by atoms with E-state index >= 15 is 0 Å². The molecule has 0 radical (unpaired) electrons. The number of hydrogen-bond donors (Lipinski definition) is 0. The summed E-state index contributed by atoms with van der Waals surface area (Å²) >= 11 is 5.80. The smallest absolute Gasteiger partial charge is 0.134 e. The molecule has 0 aromatic carbocycles. The molecule has 6 heteroatoms. The van der Waals surface area contributed by atoms with Gasteiger partial charge < -0.3 is 4.90 Å². The van der Waals surface area contributed by atoms with Crippen molar-refractivity contribution in [3.63, 3.8) is 0 Å². The fourth-order valence-corrected chi connectivity index (χ4v) is 1.96. The Labute approximate surface area is 99.0 Å². The molecule has 0 atom stereocenters. The van der Waals surface area contributed by atoms with Crippen molar-refractivity contribution in [3.8, 4) is 0 Å². The monoisotopic (exact) mass is 244 g/mol. The standard InChI is InChI=1S/C10H14ClFN4/c11-9-7-10(14-8-13-9)16-5-3-15(2-1-12)4-6-16/h7-8H,1-6H2. The van der Waals surface area contributed by atoms with Crippen molar-refractivity contribution in [2.75, 3.05) is 44.3 Å². The molecule has 0 aliphatic carbocycles. The van der Waals surface area contributed by atoms with Crippen LogP contribution in [0, 0.1) is 0 Å². The normalized spacial score (nSPS) is 17.8. The minimum Gasteiger partial charge on any atom is -0.354 e. The summed E-state index contributed by atoms with van der Waals surface area (Å²) in [7, 11) is 0. The molecule has 0 unspecified atom stereocenters. The number of rotatable bonds is 3. The van der Waals surface area contributed by atoms with Gasteiger partial charge in [-0.2, -0.15) is 0 Å². The lowest BCUT2D eigenvalue weighted by molar-refractivity contribution is 0.235. The topological polar surface area (TPSA) is 32.3 Å². The summed E-state index contributed by atoms with van der Waals surface area (Å²) in [6.07, 6.45) is 1.46. The second kappa shape index (κ2) is 5.41. The van der Waals surface area contributed by atoms with E-state index < -0.39 is 0 Å². The van der Waals surface area contributed by atoms with Gasteiger partial charge in [0.05, 0.1) is 0 Å². The maximum absolute atomic E-state index is 12.2. The van der Waals surface area contributed by atoms with Crippen LogP contribution in [0.3, 0.4) is 0 Å². The predicted molar refractivity (Wildman–Crippen MR) is 61.7 cm³/mol. The molecular weight excluding hydrogens is 231 g/mol. The summed E-state index contributed by atoms with van der Waals surface area (Å²) in [5, 5.41) is 0.455. The highest BCUT2D eigenvalue weighted by Gasteiger charge is 2.17. The van der Waals surface area contributed by atoms with E-state index in [9.17, 15) is 4.39 Å². The van der Waals surface area contributed by atoms with Crippen molar-refractivity contribution in [2.45, 2.75) is 0 Å². The van der Waals surface area contributed by atoms with Gasteiger partial charge in [-0.05, 0) is 0 Å². The van der Waals surface area contributed by atoms with E-state index in [-0.39, 0.29) is 6.67 Å². The van der Waals surface area contributed by atoms with Gasteiger partial charge in [-0.25, -0.2) is 14.4 Å². The highest BCUT2D eigenvalue weighted by Crippen LogP contribution is 2.15. The highest BCUT2D eigenvalue weighted by molar-refractivity contribution is 6.29. The number of hydrogen-bond acceptors (Lipinski definition) is 4. The first kappa shape index (κ1) is 11.5. The minimum atomic E-state index is -0.278. The van der Waals surface area contributed by atoms with Gasteiger partial charge in [-0.15, -0.1) is 0 Å². The van der Waals surface area contributed by atoms with E-state index in [0.717, 1.165) is 32.0 Å². The molecule has 4 nitrogen and oxygen atoms in total. The minimum absolute atomic E-state index is 0.278. The third-order valence-electron chi connectivity index (χ3n) is 2.72. The summed E-state index contributed by atoms with van der Waals surface area (Å²) in [5.41, 5.74) is 0. The fourth-order valence-electron chi connectivity index (χ4n) is 1.82. The zero-order valence-electron chi connectivity index (χ0n) is 8.94. The molecule has 88 valence electrons. The van der Waals surface area contributed by atoms with Crippen molar-refractivity contribution in [1.82, 2.24) is 14.9 Å². The predicted octanol–water partition coefficient (Wildman–Crippen LogP) is 1.22. The Hall–Kier alpha value is -0.940. The van der Waals surface area contributed by atoms with Crippen molar-refractivity contribution in [1.29, 1.82) is 0 Å². The lowest BCUT2D eigenvalue weighted by Crippen LogP contribution is -2.47. The number of nitrogens with zero attached hydrogens (tertiary/aromatic N) is 4. The zero-order chi connectivity index (χ0) is 11.4. The van der Waals surface area contributed by atoms with Crippen LogP contribution in [0.4, 0.5) is 10.2 Å². The molecule has 2 rings (SSSR count). The van der Waals surface area contributed by atoms with E-state index in [1.807, 2.05) is 0 Å². The first-order chi connectivity index (χ1) is 7.79. The molecule has 1 saturated heterocycles. The van der Waals surface area contributed by atoms with Gasteiger partial charge >= 0.3 is 0 Å². The van der Waals surface area contributed by atoms with Crippen LogP contribution in [-0.4, -0.2) is 54.3 Å². The Morgan fingerprint density at radius 2 is 2.00 bits per heavy atom. The molecule has 0 amide bonds. The van der Waals surface area contributed by atoms with E-state index in [4.69, 9.17) is 11.6 Å². The molecule has 1 aromatic rings. The molecule has 0 bridgehead atoms. The quantitative estimate of drug-likeness (QED) is 0.749. The van der Waals surface area contributed by atoms with Crippen LogP contribution in [-0.2, 0) is 0 Å². The molecular formula is C10H14ClFN4. The Bertz CT molecular complexity index is 341. The van der Waals surface area contributed by atoms with Crippen molar-refractivity contribution in [3.05, 3.63) is 17.5 Å². The average molecular weight is 245 g/mol. The third-order valence-corrected chi connectivity index (χ3v) is 2.92.